The Morgan fingerprint density at radius 1 is 1.29 bits per heavy atom. The standard InChI is InChI=1S/C15H22N4S2/c1-10(7-13-6-5-11(2)20-13)19-15(16-4)18-9-14-8-17-12(3)21-14/h5-6,8,10H,7,9H2,1-4H3,(H2,16,18,19). The average Bonchev–Trinajstić information content (AvgIpc) is 3.03. The Hall–Kier alpha value is -1.40. The van der Waals surface area contributed by atoms with Crippen LogP contribution in [0, 0.1) is 13.8 Å². The highest BCUT2D eigenvalue weighted by Gasteiger charge is 2.08. The minimum absolute atomic E-state index is 0.345. The molecule has 2 N–H and O–H groups in total. The molecule has 2 aromatic rings. The number of guanidine groups is 1. The van der Waals surface area contributed by atoms with E-state index in [1.165, 1.54) is 14.6 Å². The lowest BCUT2D eigenvalue weighted by Crippen LogP contribution is -2.42. The lowest BCUT2D eigenvalue weighted by molar-refractivity contribution is 0.645. The number of rotatable bonds is 5. The van der Waals surface area contributed by atoms with Crippen LogP contribution in [0.15, 0.2) is 23.3 Å². The number of aromatic nitrogens is 1. The van der Waals surface area contributed by atoms with E-state index in [9.17, 15) is 0 Å². The lowest BCUT2D eigenvalue weighted by atomic mass is 10.2. The van der Waals surface area contributed by atoms with Crippen molar-refractivity contribution in [2.75, 3.05) is 7.05 Å². The molecule has 0 aromatic carbocycles. The molecule has 0 saturated carbocycles. The van der Waals surface area contributed by atoms with Crippen molar-refractivity contribution in [2.24, 2.45) is 4.99 Å². The van der Waals surface area contributed by atoms with Crippen molar-refractivity contribution in [2.45, 2.75) is 39.8 Å². The first-order valence-corrected chi connectivity index (χ1v) is 8.64. The molecule has 0 amide bonds. The Morgan fingerprint density at radius 3 is 2.67 bits per heavy atom. The molecule has 0 aliphatic carbocycles. The predicted molar refractivity (Wildman–Crippen MR) is 92.4 cm³/mol. The van der Waals surface area contributed by atoms with Crippen LogP contribution in [0.4, 0.5) is 0 Å². The molecule has 21 heavy (non-hydrogen) atoms. The molecular weight excluding hydrogens is 300 g/mol. The van der Waals surface area contributed by atoms with Gasteiger partial charge in [0.05, 0.1) is 11.6 Å². The van der Waals surface area contributed by atoms with Crippen LogP contribution >= 0.6 is 22.7 Å². The second-order valence-corrected chi connectivity index (χ2v) is 7.73. The smallest absolute Gasteiger partial charge is 0.191 e. The van der Waals surface area contributed by atoms with Crippen LogP contribution in [0.1, 0.15) is 26.6 Å². The minimum atomic E-state index is 0.345. The first-order valence-electron chi connectivity index (χ1n) is 7.00. The summed E-state index contributed by atoms with van der Waals surface area (Å²) in [4.78, 5) is 12.5. The van der Waals surface area contributed by atoms with Gasteiger partial charge in [0, 0.05) is 40.3 Å². The van der Waals surface area contributed by atoms with Gasteiger partial charge in [0.15, 0.2) is 5.96 Å². The third kappa shape index (κ3) is 5.13. The molecule has 2 rings (SSSR count). The van der Waals surface area contributed by atoms with Crippen molar-refractivity contribution in [3.05, 3.63) is 38.0 Å². The maximum absolute atomic E-state index is 4.28. The van der Waals surface area contributed by atoms with Gasteiger partial charge >= 0.3 is 0 Å². The average molecular weight is 323 g/mol. The highest BCUT2D eigenvalue weighted by Crippen LogP contribution is 2.16. The van der Waals surface area contributed by atoms with Crippen LogP contribution in [0.2, 0.25) is 0 Å². The maximum atomic E-state index is 4.28. The van der Waals surface area contributed by atoms with Crippen molar-refractivity contribution in [1.29, 1.82) is 0 Å². The molecule has 0 radical (unpaired) electrons. The lowest BCUT2D eigenvalue weighted by Gasteiger charge is -2.17. The fourth-order valence-corrected chi connectivity index (χ4v) is 3.79. The molecule has 4 nitrogen and oxygen atoms in total. The van der Waals surface area contributed by atoms with E-state index in [0.29, 0.717) is 6.04 Å². The van der Waals surface area contributed by atoms with Crippen molar-refractivity contribution in [3.8, 4) is 0 Å². The molecule has 2 heterocycles. The summed E-state index contributed by atoms with van der Waals surface area (Å²) in [5.41, 5.74) is 0. The summed E-state index contributed by atoms with van der Waals surface area (Å²) >= 11 is 3.57. The highest BCUT2D eigenvalue weighted by atomic mass is 32.1. The van der Waals surface area contributed by atoms with Crippen molar-refractivity contribution < 1.29 is 0 Å². The highest BCUT2D eigenvalue weighted by molar-refractivity contribution is 7.12. The van der Waals surface area contributed by atoms with Gasteiger partial charge in [0.25, 0.3) is 0 Å². The van der Waals surface area contributed by atoms with E-state index in [0.717, 1.165) is 23.9 Å². The van der Waals surface area contributed by atoms with Crippen LogP contribution < -0.4 is 10.6 Å². The molecule has 2 aromatic heterocycles. The number of aryl methyl sites for hydroxylation is 2. The first kappa shape index (κ1) is 16.0. The fourth-order valence-electron chi connectivity index (χ4n) is 2.03. The fraction of sp³-hybridized carbons (Fsp3) is 0.467. The number of nitrogens with one attached hydrogen (secondary N) is 2. The summed E-state index contributed by atoms with van der Waals surface area (Å²) in [5, 5.41) is 7.86. The van der Waals surface area contributed by atoms with E-state index >= 15 is 0 Å². The minimum Gasteiger partial charge on any atom is -0.354 e. The second-order valence-electron chi connectivity index (χ2n) is 5.03. The van der Waals surface area contributed by atoms with Crippen LogP contribution in [-0.4, -0.2) is 24.0 Å². The van der Waals surface area contributed by atoms with E-state index in [4.69, 9.17) is 0 Å². The zero-order valence-electron chi connectivity index (χ0n) is 12.9. The van der Waals surface area contributed by atoms with Crippen molar-refractivity contribution >= 4 is 28.6 Å². The van der Waals surface area contributed by atoms with Gasteiger partial charge in [-0.05, 0) is 32.9 Å². The molecule has 0 fully saturated rings. The van der Waals surface area contributed by atoms with Gasteiger partial charge in [-0.3, -0.25) is 4.99 Å². The second kappa shape index (κ2) is 7.56. The van der Waals surface area contributed by atoms with Gasteiger partial charge in [0.2, 0.25) is 0 Å². The van der Waals surface area contributed by atoms with E-state index in [1.54, 1.807) is 18.4 Å². The molecule has 0 aliphatic heterocycles. The predicted octanol–water partition coefficient (Wildman–Crippen LogP) is 3.12. The van der Waals surface area contributed by atoms with Gasteiger partial charge in [0.1, 0.15) is 0 Å². The van der Waals surface area contributed by atoms with Gasteiger partial charge in [-0.25, -0.2) is 4.98 Å². The topological polar surface area (TPSA) is 49.3 Å². The van der Waals surface area contributed by atoms with Crippen LogP contribution in [0.3, 0.4) is 0 Å². The summed E-state index contributed by atoms with van der Waals surface area (Å²) in [6.07, 6.45) is 2.93. The summed E-state index contributed by atoms with van der Waals surface area (Å²) < 4.78 is 0. The third-order valence-electron chi connectivity index (χ3n) is 3.01. The Bertz CT molecular complexity index is 600. The normalized spacial score (nSPS) is 13.2. The number of hydrogen-bond acceptors (Lipinski definition) is 4. The quantitative estimate of drug-likeness (QED) is 0.657. The largest absolute Gasteiger partial charge is 0.354 e. The summed E-state index contributed by atoms with van der Waals surface area (Å²) in [6, 6.07) is 4.72. The molecule has 0 saturated heterocycles. The Morgan fingerprint density at radius 2 is 2.10 bits per heavy atom. The van der Waals surface area contributed by atoms with E-state index in [2.05, 4.69) is 46.6 Å². The van der Waals surface area contributed by atoms with Crippen LogP contribution in [-0.2, 0) is 13.0 Å². The first-order chi connectivity index (χ1) is 10.1. The van der Waals surface area contributed by atoms with Gasteiger partial charge in [-0.2, -0.15) is 0 Å². The zero-order chi connectivity index (χ0) is 15.2. The molecule has 0 aliphatic rings. The summed E-state index contributed by atoms with van der Waals surface area (Å²) in [7, 11) is 1.80. The third-order valence-corrected chi connectivity index (χ3v) is 4.95. The SMILES string of the molecule is CN=C(NCc1cnc(C)s1)NC(C)Cc1ccc(C)s1. The molecule has 0 spiro atoms. The number of nitrogens with zero attached hydrogens (tertiary/aromatic N) is 2. The molecule has 114 valence electrons. The number of aliphatic imine (C=N–C) groups is 1. The van der Waals surface area contributed by atoms with E-state index < -0.39 is 0 Å². The molecular formula is C15H22N4S2. The van der Waals surface area contributed by atoms with Gasteiger partial charge in [-0.15, -0.1) is 22.7 Å². The Labute approximate surface area is 134 Å². The van der Waals surface area contributed by atoms with Crippen LogP contribution in [0.5, 0.6) is 0 Å². The number of thiophene rings is 1. The number of thiazole rings is 1. The van der Waals surface area contributed by atoms with Gasteiger partial charge < -0.3 is 10.6 Å². The zero-order valence-corrected chi connectivity index (χ0v) is 14.6. The van der Waals surface area contributed by atoms with Crippen LogP contribution in [0.25, 0.3) is 0 Å². The summed E-state index contributed by atoms with van der Waals surface area (Å²) in [5.74, 6) is 0.835. The van der Waals surface area contributed by atoms with E-state index in [1.807, 2.05) is 24.5 Å². The molecule has 6 heteroatoms. The monoisotopic (exact) mass is 322 g/mol. The maximum Gasteiger partial charge on any atom is 0.191 e. The molecule has 1 unspecified atom stereocenters. The Kier molecular flexibility index (Phi) is 5.76. The van der Waals surface area contributed by atoms with Crippen molar-refractivity contribution in [3.63, 3.8) is 0 Å². The Balaban J connectivity index is 1.81. The molecule has 0 bridgehead atoms. The summed E-state index contributed by atoms with van der Waals surface area (Å²) in [6.45, 7) is 7.10. The van der Waals surface area contributed by atoms with Crippen molar-refractivity contribution in [1.82, 2.24) is 15.6 Å². The number of hydrogen-bond donors (Lipinski definition) is 2. The van der Waals surface area contributed by atoms with E-state index in [-0.39, 0.29) is 0 Å². The van der Waals surface area contributed by atoms with Gasteiger partial charge in [-0.1, -0.05) is 0 Å². The molecule has 1 atom stereocenters.